The van der Waals surface area contributed by atoms with Gasteiger partial charge in [-0.3, -0.25) is 28.8 Å². The van der Waals surface area contributed by atoms with Crippen LogP contribution in [0.15, 0.2) is 43.0 Å². The minimum absolute atomic E-state index is 0.000325. The van der Waals surface area contributed by atoms with Crippen molar-refractivity contribution in [2.75, 3.05) is 20.8 Å². The Morgan fingerprint density at radius 1 is 1.04 bits per heavy atom. The molecule has 4 rings (SSSR count). The van der Waals surface area contributed by atoms with Crippen molar-refractivity contribution in [2.24, 2.45) is 34.5 Å². The second-order valence-corrected chi connectivity index (χ2v) is 19.1. The van der Waals surface area contributed by atoms with Crippen molar-refractivity contribution in [1.29, 1.82) is 0 Å². The molecule has 3 fully saturated rings. The fourth-order valence-electron chi connectivity index (χ4n) is 9.04. The van der Waals surface area contributed by atoms with Gasteiger partial charge in [-0.15, -0.1) is 0 Å². The van der Waals surface area contributed by atoms with Gasteiger partial charge in [-0.1, -0.05) is 61.3 Å². The number of esters is 3. The zero-order valence-corrected chi connectivity index (χ0v) is 30.2. The largest absolute Gasteiger partial charge is 0.468 e. The zero-order chi connectivity index (χ0) is 36.3. The van der Waals surface area contributed by atoms with E-state index in [9.17, 15) is 33.6 Å². The number of methoxy groups -OCH3 is 2. The van der Waals surface area contributed by atoms with Gasteiger partial charge in [0, 0.05) is 51.6 Å². The smallest absolute Gasteiger partial charge is 0.319 e. The lowest BCUT2D eigenvalue weighted by Gasteiger charge is -2.55. The predicted molar refractivity (Wildman–Crippen MR) is 180 cm³/mol. The molecule has 3 saturated carbocycles. The van der Waals surface area contributed by atoms with Crippen LogP contribution in [0.5, 0.6) is 0 Å². The average Bonchev–Trinajstić information content (AvgIpc) is 3.41. The SMILES string of the molecule is C=CCOC(=O)C1C(=O)C[C@H]([C@@H](C[C@@]2(C(=O)OC)C(=O)CC[C@@H]2[C@@H](C)OC)OC(C)=O)[C@@]2(C=O)C(=O)C[C@H]([Si](C)(C)c3ccccc3)C[C@@H]12. The molecule has 0 heterocycles. The summed E-state index contributed by atoms with van der Waals surface area (Å²) in [6, 6.07) is 9.74. The molecule has 0 radical (unpaired) electrons. The quantitative estimate of drug-likeness (QED) is 0.0742. The van der Waals surface area contributed by atoms with Gasteiger partial charge >= 0.3 is 17.9 Å². The number of hydrogen-bond acceptors (Lipinski definition) is 11. The summed E-state index contributed by atoms with van der Waals surface area (Å²) in [7, 11) is 0.158. The molecule has 1 aromatic rings. The van der Waals surface area contributed by atoms with Crippen molar-refractivity contribution in [3.63, 3.8) is 0 Å². The molecule has 9 atom stereocenters. The van der Waals surface area contributed by atoms with Crippen molar-refractivity contribution in [2.45, 2.75) is 83.2 Å². The molecule has 0 aliphatic heterocycles. The van der Waals surface area contributed by atoms with E-state index in [0.717, 1.165) is 19.2 Å². The van der Waals surface area contributed by atoms with E-state index in [4.69, 9.17) is 18.9 Å². The van der Waals surface area contributed by atoms with Crippen LogP contribution < -0.4 is 5.19 Å². The fraction of sp³-hybridized carbons (Fsp3) is 0.595. The molecule has 0 N–H and O–H groups in total. The molecule has 266 valence electrons. The molecule has 0 aromatic heterocycles. The number of carbonyl (C=O) groups is 7. The summed E-state index contributed by atoms with van der Waals surface area (Å²) in [5.74, 6) is -8.48. The highest BCUT2D eigenvalue weighted by Gasteiger charge is 2.68. The first kappa shape index (κ1) is 38.0. The van der Waals surface area contributed by atoms with Gasteiger partial charge < -0.3 is 23.7 Å². The Bertz CT molecular complexity index is 1490. The molecule has 0 saturated heterocycles. The monoisotopic (exact) mass is 696 g/mol. The highest BCUT2D eigenvalue weighted by atomic mass is 28.3. The van der Waals surface area contributed by atoms with Crippen molar-refractivity contribution in [3.05, 3.63) is 43.0 Å². The first-order chi connectivity index (χ1) is 23.2. The van der Waals surface area contributed by atoms with Crippen LogP contribution in [0, 0.1) is 34.5 Å². The highest BCUT2D eigenvalue weighted by Crippen LogP contribution is 2.59. The number of ether oxygens (including phenoxy) is 4. The average molecular weight is 697 g/mol. The number of rotatable bonds is 13. The molecule has 49 heavy (non-hydrogen) atoms. The molecular formula is C37H48O11Si. The van der Waals surface area contributed by atoms with E-state index in [1.165, 1.54) is 13.2 Å². The van der Waals surface area contributed by atoms with Crippen LogP contribution in [0.25, 0.3) is 0 Å². The van der Waals surface area contributed by atoms with Gasteiger partial charge in [0.1, 0.15) is 41.9 Å². The van der Waals surface area contributed by atoms with Gasteiger partial charge in [-0.25, -0.2) is 0 Å². The van der Waals surface area contributed by atoms with Crippen molar-refractivity contribution < 1.29 is 52.5 Å². The van der Waals surface area contributed by atoms with Crippen molar-refractivity contribution in [3.8, 4) is 0 Å². The molecule has 1 aromatic carbocycles. The van der Waals surface area contributed by atoms with Crippen LogP contribution in [0.2, 0.25) is 18.6 Å². The normalized spacial score (nSPS) is 31.2. The second kappa shape index (κ2) is 15.0. The molecule has 3 aliphatic rings. The van der Waals surface area contributed by atoms with Gasteiger partial charge in [-0.05, 0) is 31.2 Å². The number of Topliss-reactive ketones (excluding diaryl/α,β-unsaturated/α-hetero) is 3. The minimum Gasteiger partial charge on any atom is -0.468 e. The van der Waals surface area contributed by atoms with E-state index in [2.05, 4.69) is 19.7 Å². The summed E-state index contributed by atoms with van der Waals surface area (Å²) in [5, 5.41) is 1.08. The van der Waals surface area contributed by atoms with Crippen molar-refractivity contribution >= 4 is 54.8 Å². The third kappa shape index (κ3) is 6.61. The maximum Gasteiger partial charge on any atom is 0.319 e. The maximum atomic E-state index is 14.7. The Hall–Kier alpha value is -3.77. The Morgan fingerprint density at radius 2 is 1.71 bits per heavy atom. The molecular weight excluding hydrogens is 648 g/mol. The van der Waals surface area contributed by atoms with Gasteiger partial charge in [-0.2, -0.15) is 0 Å². The summed E-state index contributed by atoms with van der Waals surface area (Å²) < 4.78 is 22.0. The summed E-state index contributed by atoms with van der Waals surface area (Å²) in [4.78, 5) is 96.3. The van der Waals surface area contributed by atoms with Gasteiger partial charge in [0.2, 0.25) is 0 Å². The molecule has 0 amide bonds. The van der Waals surface area contributed by atoms with Crippen LogP contribution in [0.3, 0.4) is 0 Å². The van der Waals surface area contributed by atoms with Crippen LogP contribution in [0.1, 0.15) is 52.4 Å². The number of aldehydes is 1. The maximum absolute atomic E-state index is 14.7. The van der Waals surface area contributed by atoms with Crippen LogP contribution >= 0.6 is 0 Å². The number of ketones is 3. The van der Waals surface area contributed by atoms with Gasteiger partial charge in [0.15, 0.2) is 5.78 Å². The topological polar surface area (TPSA) is 156 Å². The van der Waals surface area contributed by atoms with E-state index in [1.54, 1.807) is 6.92 Å². The number of benzene rings is 1. The van der Waals surface area contributed by atoms with E-state index in [-0.39, 0.29) is 37.8 Å². The lowest BCUT2D eigenvalue weighted by atomic mass is 9.49. The molecule has 11 nitrogen and oxygen atoms in total. The Labute approximate surface area is 288 Å². The van der Waals surface area contributed by atoms with Crippen LogP contribution in [-0.2, 0) is 52.5 Å². The Morgan fingerprint density at radius 3 is 2.29 bits per heavy atom. The minimum atomic E-state index is -2.45. The van der Waals surface area contributed by atoms with E-state index >= 15 is 0 Å². The summed E-state index contributed by atoms with van der Waals surface area (Å²) in [6.07, 6.45) is -0.546. The number of carbonyl (C=O) groups excluding carboxylic acids is 7. The number of hydrogen-bond donors (Lipinski definition) is 0. The highest BCUT2D eigenvalue weighted by molar-refractivity contribution is 6.91. The lowest BCUT2D eigenvalue weighted by molar-refractivity contribution is -0.184. The fourth-order valence-corrected chi connectivity index (χ4v) is 12.1. The first-order valence-electron chi connectivity index (χ1n) is 16.8. The zero-order valence-electron chi connectivity index (χ0n) is 29.2. The Balaban J connectivity index is 1.90. The molecule has 12 heteroatoms. The van der Waals surface area contributed by atoms with Gasteiger partial charge in [0.05, 0.1) is 26.7 Å². The first-order valence-corrected chi connectivity index (χ1v) is 19.9. The van der Waals surface area contributed by atoms with Gasteiger partial charge in [0.25, 0.3) is 0 Å². The second-order valence-electron chi connectivity index (χ2n) is 14.3. The van der Waals surface area contributed by atoms with Crippen LogP contribution in [0.4, 0.5) is 0 Å². The molecule has 0 bridgehead atoms. The summed E-state index contributed by atoms with van der Waals surface area (Å²) >= 11 is 0. The molecule has 0 spiro atoms. The predicted octanol–water partition coefficient (Wildman–Crippen LogP) is 3.57. The summed E-state index contributed by atoms with van der Waals surface area (Å²) in [5.41, 5.74) is -4.04. The van der Waals surface area contributed by atoms with Crippen molar-refractivity contribution in [1.82, 2.24) is 0 Å². The van der Waals surface area contributed by atoms with E-state index < -0.39 is 103 Å². The number of fused-ring (bicyclic) bond motifs is 1. The third-order valence-electron chi connectivity index (χ3n) is 11.8. The van der Waals surface area contributed by atoms with Crippen LogP contribution in [-0.4, -0.2) is 82.7 Å². The third-order valence-corrected chi connectivity index (χ3v) is 16.1. The summed E-state index contributed by atoms with van der Waals surface area (Å²) in [6.45, 7) is 10.5. The van der Waals surface area contributed by atoms with E-state index in [0.29, 0.717) is 6.29 Å². The lowest BCUT2D eigenvalue weighted by Crippen LogP contribution is -2.64. The van der Waals surface area contributed by atoms with E-state index in [1.807, 2.05) is 30.3 Å². The Kier molecular flexibility index (Phi) is 11.6. The molecule has 3 aliphatic carbocycles. The molecule has 1 unspecified atom stereocenters. The standard InChI is InChI=1S/C37H48O11Si/c1-8-16-47-34(43)33-28-17-25(49(6,7)24-12-10-9-11-13-24)18-32(42)37(28,21-38)27(19-29(33)40)30(48-23(3)39)20-36(35(44)46-5)26(22(2)45-4)14-15-31(36)41/h8-13,21-22,25-28,30,33H,1,14-20H2,2-7H3/t22-,25-,26-,27-,28+,30-,33?,36+,37-/m1/s1.